The lowest BCUT2D eigenvalue weighted by atomic mass is 10.2. The van der Waals surface area contributed by atoms with Gasteiger partial charge in [0.1, 0.15) is 0 Å². The van der Waals surface area contributed by atoms with Crippen LogP contribution in [0.1, 0.15) is 6.92 Å². The minimum Gasteiger partial charge on any atom is -0.339 e. The Morgan fingerprint density at radius 1 is 1.62 bits per heavy atom. The van der Waals surface area contributed by atoms with Gasteiger partial charge in [-0.3, -0.25) is 0 Å². The lowest BCUT2D eigenvalue weighted by molar-refractivity contribution is 0.249. The number of imidazole rings is 1. The summed E-state index contributed by atoms with van der Waals surface area (Å²) in [5.41, 5.74) is 0. The van der Waals surface area contributed by atoms with E-state index in [1.165, 1.54) is 16.8 Å². The van der Waals surface area contributed by atoms with Gasteiger partial charge >= 0.3 is 0 Å². The van der Waals surface area contributed by atoms with Gasteiger partial charge in [0.25, 0.3) is 10.0 Å². The maximum Gasteiger partial charge on any atom is 0.262 e. The summed E-state index contributed by atoms with van der Waals surface area (Å²) >= 11 is 0. The molecule has 90 valence electrons. The van der Waals surface area contributed by atoms with E-state index in [1.54, 1.807) is 11.6 Å². The van der Waals surface area contributed by atoms with Crippen molar-refractivity contribution in [1.82, 2.24) is 19.2 Å². The van der Waals surface area contributed by atoms with Crippen molar-refractivity contribution in [3.8, 4) is 0 Å². The molecule has 1 aromatic heterocycles. The first-order valence-electron chi connectivity index (χ1n) is 5.26. The molecule has 1 aliphatic rings. The van der Waals surface area contributed by atoms with E-state index in [4.69, 9.17) is 0 Å². The molecule has 2 rings (SSSR count). The van der Waals surface area contributed by atoms with E-state index in [0.717, 1.165) is 13.1 Å². The van der Waals surface area contributed by atoms with E-state index in [1.807, 2.05) is 6.92 Å². The number of nitrogens with zero attached hydrogens (tertiary/aromatic N) is 3. The molecule has 1 fully saturated rings. The fourth-order valence-electron chi connectivity index (χ4n) is 1.74. The van der Waals surface area contributed by atoms with E-state index in [-0.39, 0.29) is 11.1 Å². The molecule has 0 aliphatic carbocycles. The first kappa shape index (κ1) is 11.6. The van der Waals surface area contributed by atoms with Crippen molar-refractivity contribution in [2.45, 2.75) is 18.0 Å². The van der Waals surface area contributed by atoms with Gasteiger partial charge in [-0.2, -0.15) is 4.31 Å². The Morgan fingerprint density at radius 3 is 2.69 bits per heavy atom. The van der Waals surface area contributed by atoms with Gasteiger partial charge in [0.05, 0.1) is 12.4 Å². The molecule has 1 saturated heterocycles. The van der Waals surface area contributed by atoms with E-state index in [9.17, 15) is 8.42 Å². The van der Waals surface area contributed by atoms with Crippen LogP contribution in [0.5, 0.6) is 0 Å². The van der Waals surface area contributed by atoms with Gasteiger partial charge in [-0.1, -0.05) is 6.92 Å². The molecule has 1 aliphatic heterocycles. The molecule has 0 atom stereocenters. The summed E-state index contributed by atoms with van der Waals surface area (Å²) in [6, 6.07) is 0.0667. The van der Waals surface area contributed by atoms with Crippen LogP contribution in [-0.2, 0) is 17.1 Å². The van der Waals surface area contributed by atoms with Gasteiger partial charge in [0, 0.05) is 32.9 Å². The van der Waals surface area contributed by atoms with Crippen molar-refractivity contribution >= 4 is 10.0 Å². The van der Waals surface area contributed by atoms with Gasteiger partial charge in [-0.15, -0.1) is 0 Å². The third-order valence-electron chi connectivity index (χ3n) is 2.73. The van der Waals surface area contributed by atoms with E-state index in [0.29, 0.717) is 6.54 Å². The molecule has 0 bridgehead atoms. The quantitative estimate of drug-likeness (QED) is 0.768. The average molecular weight is 244 g/mol. The van der Waals surface area contributed by atoms with Crippen molar-refractivity contribution in [1.29, 1.82) is 0 Å². The summed E-state index contributed by atoms with van der Waals surface area (Å²) in [4.78, 5) is 3.91. The van der Waals surface area contributed by atoms with Gasteiger partial charge in [0.15, 0.2) is 5.03 Å². The molecule has 1 N–H and O–H groups in total. The van der Waals surface area contributed by atoms with Crippen molar-refractivity contribution in [2.24, 2.45) is 7.05 Å². The third kappa shape index (κ3) is 1.85. The van der Waals surface area contributed by atoms with Crippen molar-refractivity contribution < 1.29 is 8.42 Å². The number of hydrogen-bond acceptors (Lipinski definition) is 4. The van der Waals surface area contributed by atoms with Crippen LogP contribution in [0, 0.1) is 0 Å². The molecule has 0 radical (unpaired) electrons. The Balaban J connectivity index is 2.29. The van der Waals surface area contributed by atoms with Crippen LogP contribution < -0.4 is 5.32 Å². The van der Waals surface area contributed by atoms with Crippen LogP contribution in [-0.4, -0.2) is 48.0 Å². The van der Waals surface area contributed by atoms with Crippen LogP contribution in [0.15, 0.2) is 17.6 Å². The summed E-state index contributed by atoms with van der Waals surface area (Å²) in [5.74, 6) is 0. The third-order valence-corrected chi connectivity index (χ3v) is 4.65. The Morgan fingerprint density at radius 2 is 2.31 bits per heavy atom. The predicted molar refractivity (Wildman–Crippen MR) is 59.4 cm³/mol. The highest BCUT2D eigenvalue weighted by molar-refractivity contribution is 7.89. The second-order valence-electron chi connectivity index (χ2n) is 3.90. The number of sulfonamides is 1. The highest BCUT2D eigenvalue weighted by Crippen LogP contribution is 2.17. The normalized spacial score (nSPS) is 17.7. The zero-order valence-electron chi connectivity index (χ0n) is 9.42. The van der Waals surface area contributed by atoms with E-state index >= 15 is 0 Å². The van der Waals surface area contributed by atoms with Crippen molar-refractivity contribution in [2.75, 3.05) is 19.6 Å². The SMILES string of the molecule is CCN(C1CNC1)S(=O)(=O)c1cn(C)cn1. The molecular weight excluding hydrogens is 228 g/mol. The van der Waals surface area contributed by atoms with Gasteiger partial charge in [-0.25, -0.2) is 13.4 Å². The van der Waals surface area contributed by atoms with E-state index < -0.39 is 10.0 Å². The largest absolute Gasteiger partial charge is 0.339 e. The zero-order valence-corrected chi connectivity index (χ0v) is 10.2. The molecule has 16 heavy (non-hydrogen) atoms. The highest BCUT2D eigenvalue weighted by Gasteiger charge is 2.34. The highest BCUT2D eigenvalue weighted by atomic mass is 32.2. The Labute approximate surface area is 95.3 Å². The van der Waals surface area contributed by atoms with Crippen molar-refractivity contribution in [3.05, 3.63) is 12.5 Å². The number of rotatable bonds is 4. The summed E-state index contributed by atoms with van der Waals surface area (Å²) in [6.07, 6.45) is 3.03. The van der Waals surface area contributed by atoms with Gasteiger partial charge < -0.3 is 9.88 Å². The number of aromatic nitrogens is 2. The Kier molecular flexibility index (Phi) is 3.00. The second kappa shape index (κ2) is 4.15. The molecule has 7 heteroatoms. The zero-order chi connectivity index (χ0) is 11.8. The van der Waals surface area contributed by atoms with Gasteiger partial charge in [0.2, 0.25) is 0 Å². The molecule has 0 aromatic carbocycles. The van der Waals surface area contributed by atoms with Gasteiger partial charge in [-0.05, 0) is 0 Å². The van der Waals surface area contributed by atoms with Crippen LogP contribution in [0.2, 0.25) is 0 Å². The minimum absolute atomic E-state index is 0.0667. The first-order valence-corrected chi connectivity index (χ1v) is 6.70. The van der Waals surface area contributed by atoms with Crippen LogP contribution in [0.3, 0.4) is 0 Å². The molecular formula is C9H16N4O2S. The molecule has 2 heterocycles. The lowest BCUT2D eigenvalue weighted by Gasteiger charge is -2.36. The molecule has 0 amide bonds. The first-order chi connectivity index (χ1) is 7.55. The van der Waals surface area contributed by atoms with Crippen LogP contribution >= 0.6 is 0 Å². The lowest BCUT2D eigenvalue weighted by Crippen LogP contribution is -2.58. The minimum atomic E-state index is -3.43. The van der Waals surface area contributed by atoms with Crippen LogP contribution in [0.4, 0.5) is 0 Å². The van der Waals surface area contributed by atoms with E-state index in [2.05, 4.69) is 10.3 Å². The standard InChI is InChI=1S/C9H16N4O2S/c1-3-13(8-4-10-5-8)16(14,15)9-6-12(2)7-11-9/h6-8,10H,3-5H2,1-2H3. The number of aryl methyl sites for hydroxylation is 1. The smallest absolute Gasteiger partial charge is 0.262 e. The average Bonchev–Trinajstić information content (AvgIpc) is 2.58. The number of hydrogen-bond donors (Lipinski definition) is 1. The summed E-state index contributed by atoms with van der Waals surface area (Å²) in [6.45, 7) is 3.77. The number of likely N-dealkylation sites (N-methyl/N-ethyl adjacent to an activating group) is 1. The fourth-order valence-corrected chi connectivity index (χ4v) is 3.35. The predicted octanol–water partition coefficient (Wildman–Crippen LogP) is -0.597. The summed E-state index contributed by atoms with van der Waals surface area (Å²) < 4.78 is 27.6. The Hall–Kier alpha value is -0.920. The molecule has 6 nitrogen and oxygen atoms in total. The molecule has 0 unspecified atom stereocenters. The Bertz CT molecular complexity index is 464. The number of nitrogens with one attached hydrogen (secondary N) is 1. The monoisotopic (exact) mass is 244 g/mol. The van der Waals surface area contributed by atoms with Crippen molar-refractivity contribution in [3.63, 3.8) is 0 Å². The maximum absolute atomic E-state index is 12.2. The summed E-state index contributed by atoms with van der Waals surface area (Å²) in [5, 5.41) is 3.20. The fraction of sp³-hybridized carbons (Fsp3) is 0.667. The molecule has 0 spiro atoms. The van der Waals surface area contributed by atoms with Crippen LogP contribution in [0.25, 0.3) is 0 Å². The molecule has 1 aromatic rings. The topological polar surface area (TPSA) is 67.2 Å². The second-order valence-corrected chi connectivity index (χ2v) is 5.74. The molecule has 0 saturated carbocycles. The summed E-state index contributed by atoms with van der Waals surface area (Å²) in [7, 11) is -1.67. The maximum atomic E-state index is 12.2.